The molecule has 2 aromatic heterocycles. The minimum atomic E-state index is -0.874. The Kier molecular flexibility index (Phi) is 8.04. The molecule has 0 radical (unpaired) electrons. The van der Waals surface area contributed by atoms with E-state index < -0.39 is 23.4 Å². The van der Waals surface area contributed by atoms with E-state index in [4.69, 9.17) is 16.3 Å². The summed E-state index contributed by atoms with van der Waals surface area (Å²) in [4.78, 5) is 41.2. The van der Waals surface area contributed by atoms with Gasteiger partial charge in [-0.05, 0) is 36.0 Å². The molecule has 2 aromatic rings. The van der Waals surface area contributed by atoms with Crippen molar-refractivity contribution in [1.29, 1.82) is 0 Å². The molecule has 3 unspecified atom stereocenters. The van der Waals surface area contributed by atoms with Crippen LogP contribution in [0.4, 0.5) is 0 Å². The first-order chi connectivity index (χ1) is 18.4. The Morgan fingerprint density at radius 1 is 1.45 bits per heavy atom. The second-order valence-electron chi connectivity index (χ2n) is 9.09. The number of fused-ring (bicyclic) bond motifs is 2. The molecule has 3 aliphatic rings. The number of carboxylic acid groups (broad SMARTS) is 1. The minimum absolute atomic E-state index is 0.0118. The van der Waals surface area contributed by atoms with Crippen LogP contribution in [0.2, 0.25) is 0 Å². The highest BCUT2D eigenvalue weighted by atomic mass is 32.2. The number of carbonyl (C=O) groups excluding carboxylic acids is 1. The number of hydrogen-bond acceptors (Lipinski definition) is 12. The number of carbonyl (C=O) groups is 2. The van der Waals surface area contributed by atoms with Gasteiger partial charge in [0.05, 0.1) is 24.2 Å². The molecule has 16 heteroatoms. The summed E-state index contributed by atoms with van der Waals surface area (Å²) >= 11 is 2.81. The van der Waals surface area contributed by atoms with E-state index in [1.807, 2.05) is 32.4 Å². The zero-order valence-electron chi connectivity index (χ0n) is 20.8. The number of nitrogens with zero attached hydrogens (tertiary/aromatic N) is 6. The lowest BCUT2D eigenvalue weighted by Crippen LogP contribution is -2.73. The first kappa shape index (κ1) is 26.7. The van der Waals surface area contributed by atoms with Crippen molar-refractivity contribution in [2.75, 3.05) is 25.4 Å². The SMILES string of the molecule is CCO/N=C(\C(=O)N[C@@H]1CN2C(C(=O)O)C(C[n+]3cccc4c3ncn4CCN)CS[C@H]12)C1=NC(N)SN1. The Balaban J connectivity index is 1.27. The number of rotatable bonds is 10. The Bertz CT molecular complexity index is 1270. The number of oxime groups is 1. The first-order valence-electron chi connectivity index (χ1n) is 12.3. The summed E-state index contributed by atoms with van der Waals surface area (Å²) in [6.07, 6.45) is 3.69. The molecule has 0 saturated carbocycles. The number of aliphatic carboxylic acids is 1. The number of aliphatic imine (C=N–C) groups is 1. The van der Waals surface area contributed by atoms with E-state index in [0.717, 1.165) is 11.2 Å². The third-order valence-corrected chi connectivity index (χ3v) is 8.86. The Morgan fingerprint density at radius 3 is 3.00 bits per heavy atom. The van der Waals surface area contributed by atoms with Crippen LogP contribution in [0, 0.1) is 5.92 Å². The lowest BCUT2D eigenvalue weighted by atomic mass is 9.93. The molecule has 1 amide bonds. The summed E-state index contributed by atoms with van der Waals surface area (Å²) < 4.78 is 6.90. The van der Waals surface area contributed by atoms with Crippen molar-refractivity contribution < 1.29 is 24.1 Å². The molecule has 0 bridgehead atoms. The van der Waals surface area contributed by atoms with Gasteiger partial charge in [0, 0.05) is 31.3 Å². The Labute approximate surface area is 227 Å². The predicted octanol–water partition coefficient (Wildman–Crippen LogP) is -1.49. The highest BCUT2D eigenvalue weighted by molar-refractivity contribution is 8.00. The fourth-order valence-corrected chi connectivity index (χ4v) is 7.02. The molecule has 38 heavy (non-hydrogen) atoms. The van der Waals surface area contributed by atoms with E-state index in [1.54, 1.807) is 25.0 Å². The van der Waals surface area contributed by atoms with Gasteiger partial charge in [-0.2, -0.15) is 0 Å². The third-order valence-electron chi connectivity index (χ3n) is 6.64. The number of hydrogen-bond donors (Lipinski definition) is 5. The van der Waals surface area contributed by atoms with Gasteiger partial charge in [0.25, 0.3) is 5.91 Å². The summed E-state index contributed by atoms with van der Waals surface area (Å²) in [5.74, 6) is -0.595. The maximum absolute atomic E-state index is 13.1. The molecule has 14 nitrogen and oxygen atoms in total. The lowest BCUT2D eigenvalue weighted by Gasteiger charge is -2.54. The first-order valence-corrected chi connectivity index (χ1v) is 14.2. The number of nitrogens with one attached hydrogen (secondary N) is 2. The zero-order valence-corrected chi connectivity index (χ0v) is 22.4. The van der Waals surface area contributed by atoms with Gasteiger partial charge in [-0.1, -0.05) is 5.16 Å². The monoisotopic (exact) mass is 563 g/mol. The van der Waals surface area contributed by atoms with E-state index in [-0.39, 0.29) is 28.9 Å². The van der Waals surface area contributed by atoms with Crippen molar-refractivity contribution in [2.24, 2.45) is 27.5 Å². The highest BCUT2D eigenvalue weighted by Gasteiger charge is 2.53. The number of thioether (sulfide) groups is 1. The summed E-state index contributed by atoms with van der Waals surface area (Å²) in [5, 5.41) is 16.9. The summed E-state index contributed by atoms with van der Waals surface area (Å²) in [5.41, 5.74) is 12.7. The number of amidine groups is 1. The predicted molar refractivity (Wildman–Crippen MR) is 144 cm³/mol. The van der Waals surface area contributed by atoms with Gasteiger partial charge >= 0.3 is 11.6 Å². The second-order valence-corrected chi connectivity index (χ2v) is 11.2. The number of amides is 1. The van der Waals surface area contributed by atoms with Crippen molar-refractivity contribution in [3.8, 4) is 0 Å². The largest absolute Gasteiger partial charge is 0.480 e. The van der Waals surface area contributed by atoms with Crippen molar-refractivity contribution in [2.45, 2.75) is 43.0 Å². The van der Waals surface area contributed by atoms with Crippen LogP contribution in [-0.4, -0.2) is 91.4 Å². The quantitative estimate of drug-likeness (QED) is 0.0980. The van der Waals surface area contributed by atoms with Crippen LogP contribution >= 0.6 is 23.7 Å². The molecule has 3 aliphatic heterocycles. The smallest absolute Gasteiger partial charge is 0.348 e. The molecule has 7 N–H and O–H groups in total. The van der Waals surface area contributed by atoms with E-state index in [2.05, 4.69) is 25.2 Å². The second kappa shape index (κ2) is 11.4. The van der Waals surface area contributed by atoms with Crippen LogP contribution in [0.5, 0.6) is 0 Å². The maximum Gasteiger partial charge on any atom is 0.348 e. The fourth-order valence-electron chi connectivity index (χ4n) is 4.96. The van der Waals surface area contributed by atoms with Crippen LogP contribution in [0.3, 0.4) is 0 Å². The van der Waals surface area contributed by atoms with Crippen molar-refractivity contribution in [3.63, 3.8) is 0 Å². The normalized spacial score (nSPS) is 27.3. The Morgan fingerprint density at radius 2 is 2.29 bits per heavy atom. The average Bonchev–Trinajstić information content (AvgIpc) is 3.50. The van der Waals surface area contributed by atoms with Crippen LogP contribution < -0.4 is 26.1 Å². The summed E-state index contributed by atoms with van der Waals surface area (Å²) in [6, 6.07) is 3.00. The van der Waals surface area contributed by atoms with Gasteiger partial charge in [-0.3, -0.25) is 20.2 Å². The van der Waals surface area contributed by atoms with Gasteiger partial charge in [0.15, 0.2) is 11.3 Å². The van der Waals surface area contributed by atoms with Gasteiger partial charge in [0.1, 0.15) is 18.2 Å². The molecule has 0 aromatic carbocycles. The number of pyridine rings is 1. The average molecular weight is 564 g/mol. The van der Waals surface area contributed by atoms with Crippen LogP contribution in [-0.2, 0) is 27.5 Å². The molecule has 0 aliphatic carbocycles. The minimum Gasteiger partial charge on any atom is -0.480 e. The van der Waals surface area contributed by atoms with E-state index in [1.165, 1.54) is 11.9 Å². The number of nitrogens with two attached hydrogens (primary N) is 2. The van der Waals surface area contributed by atoms with Gasteiger partial charge in [0.2, 0.25) is 12.0 Å². The molecular formula is C22H31N10O4S2+. The zero-order chi connectivity index (χ0) is 26.8. The molecule has 5 rings (SSSR count). The van der Waals surface area contributed by atoms with Crippen LogP contribution in [0.25, 0.3) is 11.2 Å². The van der Waals surface area contributed by atoms with Crippen molar-refractivity contribution in [3.05, 3.63) is 24.7 Å². The van der Waals surface area contributed by atoms with E-state index in [0.29, 0.717) is 38.5 Å². The fraction of sp³-hybridized carbons (Fsp3) is 0.545. The standard InChI is InChI=1S/C22H30N10O4S2/c1-2-36-28-15(17-27-22(24)38-29-17)19(33)26-13-9-32-16(21(34)35)12(10-37-20(13)32)8-30-6-3-4-14-18(30)25-11-31(14)7-5-23/h3-4,6,11-13,16,20,22H,2,5,7-10,23-24H2,1H3,(H2-,26,27,29,33,34,35)/p+1/b28-15-/t12?,13-,16?,20-,22?/m1/s1. The maximum atomic E-state index is 13.1. The molecule has 2 saturated heterocycles. The lowest BCUT2D eigenvalue weighted by molar-refractivity contribution is -0.679. The molecule has 5 heterocycles. The molecule has 0 spiro atoms. The molecular weight excluding hydrogens is 532 g/mol. The van der Waals surface area contributed by atoms with Crippen LogP contribution in [0.15, 0.2) is 34.8 Å². The van der Waals surface area contributed by atoms with Crippen molar-refractivity contribution >= 4 is 58.3 Å². The topological polar surface area (TPSA) is 189 Å². The van der Waals surface area contributed by atoms with E-state index in [9.17, 15) is 14.7 Å². The van der Waals surface area contributed by atoms with Gasteiger partial charge < -0.3 is 30.3 Å². The van der Waals surface area contributed by atoms with Crippen LogP contribution in [0.1, 0.15) is 6.92 Å². The molecule has 5 atom stereocenters. The van der Waals surface area contributed by atoms with Crippen molar-refractivity contribution in [1.82, 2.24) is 24.5 Å². The number of imidazole rings is 1. The summed E-state index contributed by atoms with van der Waals surface area (Å²) in [7, 11) is 0. The highest BCUT2D eigenvalue weighted by Crippen LogP contribution is 2.40. The number of carboxylic acids is 1. The Hall–Kier alpha value is -2.92. The summed E-state index contributed by atoms with van der Waals surface area (Å²) in [6.45, 7) is 4.14. The molecule has 204 valence electrons. The third kappa shape index (κ3) is 5.18. The number of aromatic nitrogens is 3. The van der Waals surface area contributed by atoms with E-state index >= 15 is 0 Å². The van der Waals surface area contributed by atoms with Gasteiger partial charge in [-0.25, -0.2) is 9.56 Å². The van der Waals surface area contributed by atoms with Gasteiger partial charge in [-0.15, -0.1) is 11.8 Å². The molecule has 2 fully saturated rings.